The zero-order valence-corrected chi connectivity index (χ0v) is 13.7. The summed E-state index contributed by atoms with van der Waals surface area (Å²) in [7, 11) is 0. The maximum atomic E-state index is 11.6. The molecule has 2 aromatic carbocycles. The molecule has 3 aromatic rings. The number of hydrogen-bond acceptors (Lipinski definition) is 6. The minimum Gasteiger partial charge on any atom is -0.507 e. The van der Waals surface area contributed by atoms with Gasteiger partial charge in [0.05, 0.1) is 5.56 Å². The number of phenols is 1. The summed E-state index contributed by atoms with van der Waals surface area (Å²) in [4.78, 5) is 20.4. The number of carbonyl (C=O) groups excluding carboxylic acids is 1. The zero-order chi connectivity index (χ0) is 18.0. The van der Waals surface area contributed by atoms with Gasteiger partial charge in [-0.1, -0.05) is 18.2 Å². The summed E-state index contributed by atoms with van der Waals surface area (Å²) in [5.74, 6) is 0.136. The van der Waals surface area contributed by atoms with Gasteiger partial charge in [0.2, 0.25) is 5.88 Å². The Hall–Kier alpha value is -3.19. The van der Waals surface area contributed by atoms with E-state index in [0.29, 0.717) is 30.2 Å². The number of carbonyl (C=O) groups is 1. The summed E-state index contributed by atoms with van der Waals surface area (Å²) in [6.45, 7) is 2.62. The van der Waals surface area contributed by atoms with Crippen LogP contribution in [0.15, 0.2) is 36.4 Å². The van der Waals surface area contributed by atoms with E-state index in [1.165, 1.54) is 6.07 Å². The summed E-state index contributed by atoms with van der Waals surface area (Å²) < 4.78 is 5.48. The molecule has 7 heteroatoms. The number of aromatic nitrogens is 2. The second-order valence-corrected chi connectivity index (χ2v) is 5.57. The van der Waals surface area contributed by atoms with Crippen molar-refractivity contribution in [3.8, 4) is 23.0 Å². The fourth-order valence-electron chi connectivity index (χ4n) is 2.62. The van der Waals surface area contributed by atoms with Crippen LogP contribution in [0, 0.1) is 6.92 Å². The largest absolute Gasteiger partial charge is 0.507 e. The number of ether oxygens (including phenoxy) is 1. The van der Waals surface area contributed by atoms with Crippen LogP contribution in [-0.2, 0) is 0 Å². The van der Waals surface area contributed by atoms with Crippen molar-refractivity contribution in [2.24, 2.45) is 11.5 Å². The van der Waals surface area contributed by atoms with Gasteiger partial charge in [0.25, 0.3) is 5.91 Å². The maximum absolute atomic E-state index is 11.6. The van der Waals surface area contributed by atoms with E-state index in [9.17, 15) is 9.90 Å². The molecule has 1 amide bonds. The molecule has 3 rings (SSSR count). The molecule has 1 aromatic heterocycles. The monoisotopic (exact) mass is 338 g/mol. The average Bonchev–Trinajstić information content (AvgIpc) is 2.58. The van der Waals surface area contributed by atoms with Crippen LogP contribution in [-0.4, -0.2) is 34.1 Å². The Bertz CT molecular complexity index is 956. The number of hydrogen-bond donors (Lipinski definition) is 3. The fourth-order valence-corrected chi connectivity index (χ4v) is 2.62. The highest BCUT2D eigenvalue weighted by Crippen LogP contribution is 2.30. The van der Waals surface area contributed by atoms with Crippen molar-refractivity contribution >= 4 is 16.7 Å². The van der Waals surface area contributed by atoms with Crippen molar-refractivity contribution in [2.75, 3.05) is 13.2 Å². The molecule has 0 atom stereocenters. The number of aromatic hydroxyl groups is 1. The van der Waals surface area contributed by atoms with E-state index < -0.39 is 5.91 Å². The molecule has 0 radical (unpaired) electrons. The molecule has 1 heterocycles. The molecular weight excluding hydrogens is 320 g/mol. The topological polar surface area (TPSA) is 124 Å². The highest BCUT2D eigenvalue weighted by atomic mass is 16.5. The van der Waals surface area contributed by atoms with E-state index in [1.807, 2.05) is 13.0 Å². The van der Waals surface area contributed by atoms with Crippen molar-refractivity contribution in [1.82, 2.24) is 9.97 Å². The Labute approximate surface area is 144 Å². The first-order chi connectivity index (χ1) is 12.0. The predicted molar refractivity (Wildman–Crippen MR) is 94.4 cm³/mol. The van der Waals surface area contributed by atoms with E-state index >= 15 is 0 Å². The van der Waals surface area contributed by atoms with Gasteiger partial charge in [-0.2, -0.15) is 4.98 Å². The molecular formula is C18H18N4O3. The van der Waals surface area contributed by atoms with E-state index in [4.69, 9.17) is 16.2 Å². The first-order valence-electron chi connectivity index (χ1n) is 7.74. The van der Waals surface area contributed by atoms with E-state index in [2.05, 4.69) is 9.97 Å². The molecule has 0 fully saturated rings. The molecule has 0 saturated heterocycles. The van der Waals surface area contributed by atoms with Crippen LogP contribution in [0.2, 0.25) is 0 Å². The fraction of sp³-hybridized carbons (Fsp3) is 0.167. The minimum absolute atomic E-state index is 0.0983. The normalized spacial score (nSPS) is 10.8. The van der Waals surface area contributed by atoms with Crippen LogP contribution in [0.5, 0.6) is 11.6 Å². The Morgan fingerprint density at radius 2 is 2.00 bits per heavy atom. The smallest absolute Gasteiger partial charge is 0.253 e. The molecule has 25 heavy (non-hydrogen) atoms. The number of rotatable bonds is 5. The SMILES string of the molecule is Cc1cc(OCCN)nc(-c2ccc3c(C(N)=O)c(O)ccc3c2)n1. The molecule has 0 saturated carbocycles. The minimum atomic E-state index is -0.680. The lowest BCUT2D eigenvalue weighted by Crippen LogP contribution is -2.12. The predicted octanol–water partition coefficient (Wildman–Crippen LogP) is 1.75. The number of primary amides is 1. The standard InChI is InChI=1S/C18H18N4O3/c1-10-8-15(25-7-6-19)22-18(21-10)12-2-4-13-11(9-12)3-5-14(23)16(13)17(20)24/h2-5,8-9,23H,6-7,19H2,1H3,(H2,20,24). The van der Waals surface area contributed by atoms with E-state index in [0.717, 1.165) is 16.6 Å². The Morgan fingerprint density at radius 1 is 1.20 bits per heavy atom. The second kappa shape index (κ2) is 6.74. The lowest BCUT2D eigenvalue weighted by Gasteiger charge is -2.10. The third kappa shape index (κ3) is 3.36. The maximum Gasteiger partial charge on any atom is 0.253 e. The third-order valence-electron chi connectivity index (χ3n) is 3.70. The van der Waals surface area contributed by atoms with Crippen molar-refractivity contribution in [3.63, 3.8) is 0 Å². The van der Waals surface area contributed by atoms with Crippen molar-refractivity contribution < 1.29 is 14.6 Å². The van der Waals surface area contributed by atoms with Gasteiger partial charge < -0.3 is 21.3 Å². The van der Waals surface area contributed by atoms with Crippen LogP contribution in [0.25, 0.3) is 22.2 Å². The molecule has 0 aliphatic carbocycles. The van der Waals surface area contributed by atoms with Crippen LogP contribution in [0.3, 0.4) is 0 Å². The van der Waals surface area contributed by atoms with Gasteiger partial charge in [0, 0.05) is 23.9 Å². The first-order valence-corrected chi connectivity index (χ1v) is 7.74. The van der Waals surface area contributed by atoms with Gasteiger partial charge >= 0.3 is 0 Å². The van der Waals surface area contributed by atoms with Gasteiger partial charge in [-0.15, -0.1) is 0 Å². The Balaban J connectivity index is 2.10. The number of nitrogens with zero attached hydrogens (tertiary/aromatic N) is 2. The van der Waals surface area contributed by atoms with E-state index in [-0.39, 0.29) is 11.3 Å². The molecule has 128 valence electrons. The number of aryl methyl sites for hydroxylation is 1. The second-order valence-electron chi connectivity index (χ2n) is 5.57. The first kappa shape index (κ1) is 16.7. The summed E-state index contributed by atoms with van der Waals surface area (Å²) in [5.41, 5.74) is 12.4. The van der Waals surface area contributed by atoms with Crippen LogP contribution in [0.1, 0.15) is 16.1 Å². The van der Waals surface area contributed by atoms with Gasteiger partial charge in [0.15, 0.2) is 5.82 Å². The summed E-state index contributed by atoms with van der Waals surface area (Å²) in [6.07, 6.45) is 0. The highest BCUT2D eigenvalue weighted by molar-refractivity contribution is 6.09. The number of benzene rings is 2. The third-order valence-corrected chi connectivity index (χ3v) is 3.70. The molecule has 5 N–H and O–H groups in total. The van der Waals surface area contributed by atoms with E-state index in [1.54, 1.807) is 24.3 Å². The molecule has 0 aliphatic rings. The van der Waals surface area contributed by atoms with Crippen LogP contribution >= 0.6 is 0 Å². The Kier molecular flexibility index (Phi) is 4.49. The molecule has 0 spiro atoms. The average molecular weight is 338 g/mol. The molecule has 0 unspecified atom stereocenters. The highest BCUT2D eigenvalue weighted by Gasteiger charge is 2.14. The summed E-state index contributed by atoms with van der Waals surface area (Å²) in [5, 5.41) is 11.2. The number of amides is 1. The van der Waals surface area contributed by atoms with Crippen molar-refractivity contribution in [2.45, 2.75) is 6.92 Å². The van der Waals surface area contributed by atoms with Gasteiger partial charge in [-0.05, 0) is 29.8 Å². The van der Waals surface area contributed by atoms with Gasteiger partial charge in [-0.25, -0.2) is 4.98 Å². The summed E-state index contributed by atoms with van der Waals surface area (Å²) in [6, 6.07) is 10.2. The quantitative estimate of drug-likeness (QED) is 0.651. The molecule has 0 bridgehead atoms. The summed E-state index contributed by atoms with van der Waals surface area (Å²) >= 11 is 0. The molecule has 7 nitrogen and oxygen atoms in total. The molecule has 0 aliphatic heterocycles. The number of nitrogens with two attached hydrogens (primary N) is 2. The number of fused-ring (bicyclic) bond motifs is 1. The van der Waals surface area contributed by atoms with Crippen molar-refractivity contribution in [1.29, 1.82) is 0 Å². The zero-order valence-electron chi connectivity index (χ0n) is 13.7. The lowest BCUT2D eigenvalue weighted by atomic mass is 10.0. The van der Waals surface area contributed by atoms with Gasteiger partial charge in [0.1, 0.15) is 12.4 Å². The van der Waals surface area contributed by atoms with Gasteiger partial charge in [-0.3, -0.25) is 4.79 Å². The Morgan fingerprint density at radius 3 is 2.72 bits per heavy atom. The lowest BCUT2D eigenvalue weighted by molar-refractivity contribution is 0.0999. The van der Waals surface area contributed by atoms with Crippen molar-refractivity contribution in [3.05, 3.63) is 47.7 Å². The van der Waals surface area contributed by atoms with Crippen LogP contribution < -0.4 is 16.2 Å². The van der Waals surface area contributed by atoms with Crippen LogP contribution in [0.4, 0.5) is 0 Å².